The van der Waals surface area contributed by atoms with E-state index < -0.39 is 16.1 Å². The Bertz CT molecular complexity index is 639. The Labute approximate surface area is 111 Å². The van der Waals surface area contributed by atoms with E-state index in [1.807, 2.05) is 6.92 Å². The van der Waals surface area contributed by atoms with Crippen LogP contribution in [-0.4, -0.2) is 23.4 Å². The maximum atomic E-state index is 12.2. The summed E-state index contributed by atoms with van der Waals surface area (Å²) in [5.74, 6) is 0.556. The van der Waals surface area contributed by atoms with Crippen LogP contribution >= 0.6 is 0 Å². The smallest absolute Gasteiger partial charge is 0.260 e. The molecule has 0 bridgehead atoms. The highest BCUT2D eigenvalue weighted by Gasteiger charge is 2.24. The Morgan fingerprint density at radius 2 is 2.21 bits per heavy atom. The van der Waals surface area contributed by atoms with Gasteiger partial charge in [-0.15, -0.1) is 0 Å². The number of aromatic amines is 1. The number of imidazole rings is 1. The van der Waals surface area contributed by atoms with Crippen LogP contribution in [0.25, 0.3) is 0 Å². The molecule has 0 aliphatic carbocycles. The Kier molecular flexibility index (Phi) is 3.82. The number of nitrogens with two attached hydrogens (primary N) is 1. The fourth-order valence-corrected chi connectivity index (χ4v) is 3.01. The van der Waals surface area contributed by atoms with Gasteiger partial charge in [0.2, 0.25) is 0 Å². The van der Waals surface area contributed by atoms with Crippen molar-refractivity contribution in [3.63, 3.8) is 0 Å². The quantitative estimate of drug-likeness (QED) is 0.750. The highest BCUT2D eigenvalue weighted by Crippen LogP contribution is 2.19. The fraction of sp³-hybridized carbons (Fsp3) is 0.273. The number of sulfonamides is 1. The molecule has 1 unspecified atom stereocenters. The van der Waals surface area contributed by atoms with E-state index in [0.29, 0.717) is 12.2 Å². The third-order valence-electron chi connectivity index (χ3n) is 2.61. The van der Waals surface area contributed by atoms with Gasteiger partial charge in [0.15, 0.2) is 5.03 Å². The summed E-state index contributed by atoms with van der Waals surface area (Å²) in [5, 5.41) is -0.167. The molecule has 2 aromatic heterocycles. The third-order valence-corrected chi connectivity index (χ3v) is 4.06. The summed E-state index contributed by atoms with van der Waals surface area (Å²) >= 11 is 0. The van der Waals surface area contributed by atoms with E-state index in [4.69, 9.17) is 5.73 Å². The van der Waals surface area contributed by atoms with Gasteiger partial charge < -0.3 is 10.7 Å². The van der Waals surface area contributed by atoms with Gasteiger partial charge >= 0.3 is 0 Å². The predicted octanol–water partition coefficient (Wildman–Crippen LogP) is 0.817. The molecule has 7 nitrogen and oxygen atoms in total. The van der Waals surface area contributed by atoms with Crippen LogP contribution in [0.4, 0.5) is 5.69 Å². The summed E-state index contributed by atoms with van der Waals surface area (Å²) in [5.41, 5.74) is 5.75. The molecular weight excluding hydrogens is 266 g/mol. The standard InChI is InChI=1S/C11H15N5O2S/c1-2-9(10-13-6-7-14-10)16-19(17,18)11-8(12)4-3-5-15-11/h3-7,9,16H,2,12H2,1H3,(H,13,14). The minimum atomic E-state index is -3.77. The van der Waals surface area contributed by atoms with Gasteiger partial charge in [0.1, 0.15) is 5.82 Å². The molecule has 8 heteroatoms. The Balaban J connectivity index is 2.29. The van der Waals surface area contributed by atoms with Crippen molar-refractivity contribution in [1.82, 2.24) is 19.7 Å². The van der Waals surface area contributed by atoms with E-state index >= 15 is 0 Å². The fourth-order valence-electron chi connectivity index (χ4n) is 1.67. The lowest BCUT2D eigenvalue weighted by Gasteiger charge is -2.15. The summed E-state index contributed by atoms with van der Waals surface area (Å²) < 4.78 is 27.0. The molecule has 4 N–H and O–H groups in total. The topological polar surface area (TPSA) is 114 Å². The van der Waals surface area contributed by atoms with Gasteiger partial charge in [0.25, 0.3) is 10.0 Å². The first-order valence-corrected chi connectivity index (χ1v) is 7.25. The number of aromatic nitrogens is 3. The van der Waals surface area contributed by atoms with Crippen molar-refractivity contribution in [1.29, 1.82) is 0 Å². The van der Waals surface area contributed by atoms with Gasteiger partial charge in [0, 0.05) is 18.6 Å². The zero-order valence-corrected chi connectivity index (χ0v) is 11.2. The minimum absolute atomic E-state index is 0.115. The van der Waals surface area contributed by atoms with Crippen LogP contribution in [-0.2, 0) is 10.0 Å². The summed E-state index contributed by atoms with van der Waals surface area (Å²) in [6.07, 6.45) is 5.15. The third kappa shape index (κ3) is 2.91. The van der Waals surface area contributed by atoms with Crippen molar-refractivity contribution in [2.75, 3.05) is 5.73 Å². The van der Waals surface area contributed by atoms with Crippen LogP contribution < -0.4 is 10.5 Å². The predicted molar refractivity (Wildman–Crippen MR) is 70.6 cm³/mol. The van der Waals surface area contributed by atoms with Crippen LogP contribution in [0.2, 0.25) is 0 Å². The lowest BCUT2D eigenvalue weighted by Crippen LogP contribution is -2.30. The van der Waals surface area contributed by atoms with Gasteiger partial charge in [-0.25, -0.2) is 18.4 Å². The first-order valence-electron chi connectivity index (χ1n) is 5.76. The molecule has 0 aromatic carbocycles. The van der Waals surface area contributed by atoms with Crippen LogP contribution in [0.5, 0.6) is 0 Å². The van der Waals surface area contributed by atoms with Gasteiger partial charge in [-0.05, 0) is 18.6 Å². The molecule has 0 saturated carbocycles. The summed E-state index contributed by atoms with van der Waals surface area (Å²) in [6, 6.07) is 2.63. The molecule has 0 spiro atoms. The van der Waals surface area contributed by atoms with Crippen LogP contribution in [0.1, 0.15) is 25.2 Å². The minimum Gasteiger partial charge on any atom is -0.396 e. The second-order valence-corrected chi connectivity index (χ2v) is 5.58. The molecule has 1 atom stereocenters. The lowest BCUT2D eigenvalue weighted by atomic mass is 10.2. The summed E-state index contributed by atoms with van der Waals surface area (Å²) in [4.78, 5) is 10.8. The molecule has 0 radical (unpaired) electrons. The molecule has 19 heavy (non-hydrogen) atoms. The lowest BCUT2D eigenvalue weighted by molar-refractivity contribution is 0.537. The molecular formula is C11H15N5O2S. The monoisotopic (exact) mass is 281 g/mol. The van der Waals surface area contributed by atoms with Crippen LogP contribution in [0.15, 0.2) is 35.7 Å². The largest absolute Gasteiger partial charge is 0.396 e. The van der Waals surface area contributed by atoms with Gasteiger partial charge in [-0.2, -0.15) is 4.72 Å². The van der Waals surface area contributed by atoms with Crippen molar-refractivity contribution in [3.8, 4) is 0 Å². The number of anilines is 1. The van der Waals surface area contributed by atoms with E-state index in [-0.39, 0.29) is 10.7 Å². The number of pyridine rings is 1. The Morgan fingerprint density at radius 1 is 1.42 bits per heavy atom. The second-order valence-electron chi connectivity index (χ2n) is 3.95. The van der Waals surface area contributed by atoms with E-state index in [9.17, 15) is 8.42 Å². The van der Waals surface area contributed by atoms with E-state index in [1.54, 1.807) is 18.5 Å². The Morgan fingerprint density at radius 3 is 2.79 bits per heavy atom. The zero-order valence-electron chi connectivity index (χ0n) is 10.4. The molecule has 2 heterocycles. The van der Waals surface area contributed by atoms with Crippen LogP contribution in [0.3, 0.4) is 0 Å². The van der Waals surface area contributed by atoms with Crippen LogP contribution in [0, 0.1) is 0 Å². The number of nitrogens with zero attached hydrogens (tertiary/aromatic N) is 2. The van der Waals surface area contributed by atoms with E-state index in [2.05, 4.69) is 19.7 Å². The van der Waals surface area contributed by atoms with Gasteiger partial charge in [-0.3, -0.25) is 0 Å². The molecule has 0 saturated heterocycles. The summed E-state index contributed by atoms with van der Waals surface area (Å²) in [6.45, 7) is 1.86. The van der Waals surface area contributed by atoms with Crippen molar-refractivity contribution in [3.05, 3.63) is 36.5 Å². The highest BCUT2D eigenvalue weighted by atomic mass is 32.2. The first-order chi connectivity index (χ1) is 9.04. The zero-order chi connectivity index (χ0) is 13.9. The molecule has 0 aliphatic heterocycles. The molecule has 2 rings (SSSR count). The van der Waals surface area contributed by atoms with Gasteiger partial charge in [-0.1, -0.05) is 6.92 Å². The normalized spacial score (nSPS) is 13.3. The maximum Gasteiger partial charge on any atom is 0.260 e. The SMILES string of the molecule is CCC(NS(=O)(=O)c1ncccc1N)c1ncc[nH]1. The highest BCUT2D eigenvalue weighted by molar-refractivity contribution is 7.89. The number of nitrogens with one attached hydrogen (secondary N) is 2. The number of hydrogen-bond donors (Lipinski definition) is 3. The molecule has 2 aromatic rings. The average molecular weight is 281 g/mol. The average Bonchev–Trinajstić information content (AvgIpc) is 2.90. The first kappa shape index (κ1) is 13.5. The second kappa shape index (κ2) is 5.37. The number of H-pyrrole nitrogens is 1. The van der Waals surface area contributed by atoms with E-state index in [1.165, 1.54) is 12.3 Å². The number of hydrogen-bond acceptors (Lipinski definition) is 5. The van der Waals surface area contributed by atoms with Crippen molar-refractivity contribution in [2.24, 2.45) is 0 Å². The van der Waals surface area contributed by atoms with Crippen molar-refractivity contribution in [2.45, 2.75) is 24.4 Å². The summed E-state index contributed by atoms with van der Waals surface area (Å²) in [7, 11) is -3.77. The maximum absolute atomic E-state index is 12.2. The molecule has 102 valence electrons. The van der Waals surface area contributed by atoms with E-state index in [0.717, 1.165) is 0 Å². The van der Waals surface area contributed by atoms with Gasteiger partial charge in [0.05, 0.1) is 11.7 Å². The molecule has 0 aliphatic rings. The van der Waals surface area contributed by atoms with Crippen molar-refractivity contribution >= 4 is 15.7 Å². The number of nitrogen functional groups attached to an aromatic ring is 1. The van der Waals surface area contributed by atoms with Crippen molar-refractivity contribution < 1.29 is 8.42 Å². The Hall–Kier alpha value is -1.93. The molecule has 0 amide bonds. The number of rotatable bonds is 5. The molecule has 0 fully saturated rings.